The van der Waals surface area contributed by atoms with Crippen LogP contribution in [0, 0.1) is 6.92 Å². The summed E-state index contributed by atoms with van der Waals surface area (Å²) in [5.74, 6) is 2.17. The number of hydrogen-bond acceptors (Lipinski definition) is 8. The molecule has 0 aliphatic carbocycles. The van der Waals surface area contributed by atoms with Gasteiger partial charge < -0.3 is 20.1 Å². The molecule has 230 valence electrons. The molecule has 0 spiro atoms. The topological polar surface area (TPSA) is 88.3 Å². The minimum atomic E-state index is 0.566. The van der Waals surface area contributed by atoms with Crippen LogP contribution in [0.25, 0.3) is 5.65 Å². The Morgan fingerprint density at radius 1 is 1.14 bits per heavy atom. The number of hydrazone groups is 1. The van der Waals surface area contributed by atoms with E-state index in [9.17, 15) is 0 Å². The fourth-order valence-electron chi connectivity index (χ4n) is 4.38. The van der Waals surface area contributed by atoms with Crippen molar-refractivity contribution >= 4 is 17.8 Å². The molecule has 0 unspecified atom stereocenters. The van der Waals surface area contributed by atoms with E-state index >= 15 is 0 Å². The first kappa shape index (κ1) is 34.2. The highest BCUT2D eigenvalue weighted by molar-refractivity contribution is 5.63. The Morgan fingerprint density at radius 3 is 2.55 bits per heavy atom. The Bertz CT molecular complexity index is 1360. The number of unbranched alkanes of at least 4 members (excludes halogenated alkanes) is 1. The average molecular weight is 578 g/mol. The van der Waals surface area contributed by atoms with Gasteiger partial charge in [0.15, 0.2) is 11.5 Å². The molecule has 3 rings (SSSR count). The first-order chi connectivity index (χ1) is 20.3. The first-order valence-corrected chi connectivity index (χ1v) is 15.0. The molecule has 0 aliphatic heterocycles. The van der Waals surface area contributed by atoms with Gasteiger partial charge in [-0.25, -0.2) is 9.97 Å². The van der Waals surface area contributed by atoms with Crippen molar-refractivity contribution in [3.63, 3.8) is 0 Å². The van der Waals surface area contributed by atoms with E-state index in [1.54, 1.807) is 14.2 Å². The monoisotopic (exact) mass is 577 g/mol. The zero-order valence-corrected chi connectivity index (χ0v) is 27.3. The second-order valence-corrected chi connectivity index (χ2v) is 9.85. The number of ether oxygens (including phenoxy) is 2. The highest BCUT2D eigenvalue weighted by atomic mass is 16.5. The number of hydrogen-bond donors (Lipinski definition) is 2. The smallest absolute Gasteiger partial charge is 0.213 e. The van der Waals surface area contributed by atoms with Crippen molar-refractivity contribution in [1.29, 1.82) is 0 Å². The summed E-state index contributed by atoms with van der Waals surface area (Å²) in [4.78, 5) is 9.70. The number of aromatic nitrogens is 3. The maximum Gasteiger partial charge on any atom is 0.213 e. The molecule has 1 aromatic carbocycles. The van der Waals surface area contributed by atoms with Crippen LogP contribution in [0.5, 0.6) is 11.5 Å². The summed E-state index contributed by atoms with van der Waals surface area (Å²) >= 11 is 0. The lowest BCUT2D eigenvalue weighted by Gasteiger charge is -2.17. The lowest BCUT2D eigenvalue weighted by Crippen LogP contribution is -2.13. The van der Waals surface area contributed by atoms with Crippen LogP contribution in [-0.2, 0) is 13.0 Å². The number of anilines is 1. The van der Waals surface area contributed by atoms with E-state index in [1.807, 2.05) is 81.0 Å². The summed E-state index contributed by atoms with van der Waals surface area (Å²) in [5, 5.41) is 13.5. The number of allylic oxidation sites excluding steroid dienone is 3. The zero-order chi connectivity index (χ0) is 31.1. The molecule has 0 saturated heterocycles. The molecule has 9 heteroatoms. The number of para-hydroxylation sites is 1. The Labute approximate surface area is 252 Å². The van der Waals surface area contributed by atoms with Gasteiger partial charge in [-0.05, 0) is 50.8 Å². The van der Waals surface area contributed by atoms with Crippen LogP contribution < -0.4 is 20.1 Å². The summed E-state index contributed by atoms with van der Waals surface area (Å²) in [6.07, 6.45) is 10.9. The van der Waals surface area contributed by atoms with Gasteiger partial charge in [0.1, 0.15) is 5.65 Å². The largest absolute Gasteiger partial charge is 0.493 e. The molecular formula is C33H51N7O2. The third kappa shape index (κ3) is 9.53. The minimum absolute atomic E-state index is 0.566. The van der Waals surface area contributed by atoms with Gasteiger partial charge in [-0.2, -0.15) is 5.10 Å². The second kappa shape index (κ2) is 17.7. The van der Waals surface area contributed by atoms with E-state index in [0.717, 1.165) is 65.7 Å². The molecule has 3 aromatic rings. The molecule has 2 N–H and O–H groups in total. The minimum Gasteiger partial charge on any atom is -0.493 e. The van der Waals surface area contributed by atoms with Crippen molar-refractivity contribution in [2.24, 2.45) is 5.10 Å². The normalized spacial score (nSPS) is 12.1. The molecule has 0 amide bonds. The lowest BCUT2D eigenvalue weighted by molar-refractivity contribution is 0.321. The van der Waals surface area contributed by atoms with E-state index in [2.05, 4.69) is 42.6 Å². The fourth-order valence-corrected chi connectivity index (χ4v) is 4.38. The van der Waals surface area contributed by atoms with Crippen molar-refractivity contribution < 1.29 is 9.47 Å². The molecule has 0 saturated carbocycles. The van der Waals surface area contributed by atoms with Gasteiger partial charge in [0.25, 0.3) is 0 Å². The van der Waals surface area contributed by atoms with Crippen LogP contribution in [0.1, 0.15) is 77.3 Å². The molecule has 0 atom stereocenters. The van der Waals surface area contributed by atoms with E-state index in [-0.39, 0.29) is 0 Å². The van der Waals surface area contributed by atoms with Crippen LogP contribution in [0.15, 0.2) is 58.6 Å². The maximum atomic E-state index is 5.56. The van der Waals surface area contributed by atoms with Gasteiger partial charge in [-0.15, -0.1) is 0 Å². The van der Waals surface area contributed by atoms with Crippen molar-refractivity contribution in [3.05, 3.63) is 70.5 Å². The van der Waals surface area contributed by atoms with Crippen LogP contribution in [-0.4, -0.2) is 53.9 Å². The third-order valence-electron chi connectivity index (χ3n) is 6.77. The summed E-state index contributed by atoms with van der Waals surface area (Å²) in [7, 11) is 7.21. The van der Waals surface area contributed by atoms with Gasteiger partial charge in [0.05, 0.1) is 32.2 Å². The molecule has 9 nitrogen and oxygen atoms in total. The Balaban J connectivity index is 0.00000301. The number of rotatable bonds is 15. The number of fused-ring (bicyclic) bond motifs is 1. The average Bonchev–Trinajstić information content (AvgIpc) is 3.39. The SMILES string of the molecule is CC.CCCC/C(=C/C(Nc1nc(C/C=N\N(C)Cc2cccc(OC)c2OC)cc2nc(C)cn12)=C(\C)CC)NC. The number of nitrogens with one attached hydrogen (secondary N) is 2. The number of methoxy groups -OCH3 is 2. The number of nitrogens with zero attached hydrogens (tertiary/aromatic N) is 5. The molecule has 0 radical (unpaired) electrons. The van der Waals surface area contributed by atoms with Crippen LogP contribution >= 0.6 is 0 Å². The van der Waals surface area contributed by atoms with E-state index in [0.29, 0.717) is 18.7 Å². The van der Waals surface area contributed by atoms with Crippen LogP contribution in [0.2, 0.25) is 0 Å². The first-order valence-electron chi connectivity index (χ1n) is 15.0. The Kier molecular flexibility index (Phi) is 14.4. The summed E-state index contributed by atoms with van der Waals surface area (Å²) in [5.41, 5.74) is 7.19. The van der Waals surface area contributed by atoms with E-state index in [4.69, 9.17) is 19.4 Å². The summed E-state index contributed by atoms with van der Waals surface area (Å²) in [6, 6.07) is 7.87. The number of benzene rings is 1. The quantitative estimate of drug-likeness (QED) is 0.113. The Hall–Kier alpha value is -4.01. The van der Waals surface area contributed by atoms with Gasteiger partial charge >= 0.3 is 0 Å². The third-order valence-corrected chi connectivity index (χ3v) is 6.77. The van der Waals surface area contributed by atoms with Crippen LogP contribution in [0.4, 0.5) is 5.95 Å². The predicted octanol–water partition coefficient (Wildman–Crippen LogP) is 7.13. The molecule has 2 aromatic heterocycles. The van der Waals surface area contributed by atoms with Gasteiger partial charge in [0, 0.05) is 56.0 Å². The Morgan fingerprint density at radius 2 is 1.90 bits per heavy atom. The molecule has 42 heavy (non-hydrogen) atoms. The molecular weight excluding hydrogens is 526 g/mol. The molecule has 0 bridgehead atoms. The van der Waals surface area contributed by atoms with E-state index < -0.39 is 0 Å². The summed E-state index contributed by atoms with van der Waals surface area (Å²) in [6.45, 7) is 13.1. The standard InChI is InChI=1S/C31H45N7O2.C2H6/c1-9-11-14-25(32-5)18-27(22(3)10-2)36-31-35-26(19-29-34-23(4)20-38(29)31)16-17-33-37(6)21-24-13-12-15-28(39-7)30(24)40-8;1-2/h12-13,15,17-20,32H,9-11,14,16,21H2,1-8H3,(H,35,36);1-2H3/b25-18-,27-22-,33-17-;. The van der Waals surface area contributed by atoms with E-state index in [1.165, 1.54) is 11.3 Å². The maximum absolute atomic E-state index is 5.56. The number of imidazole rings is 1. The molecule has 0 aliphatic rings. The second-order valence-electron chi connectivity index (χ2n) is 9.85. The zero-order valence-electron chi connectivity index (χ0n) is 27.3. The van der Waals surface area contributed by atoms with Gasteiger partial charge in [-0.1, -0.05) is 46.2 Å². The highest BCUT2D eigenvalue weighted by Crippen LogP contribution is 2.31. The summed E-state index contributed by atoms with van der Waals surface area (Å²) < 4.78 is 13.0. The predicted molar refractivity (Wildman–Crippen MR) is 176 cm³/mol. The molecule has 2 heterocycles. The fraction of sp³-hybridized carbons (Fsp3) is 0.485. The van der Waals surface area contributed by atoms with Gasteiger partial charge in [-0.3, -0.25) is 9.41 Å². The van der Waals surface area contributed by atoms with Crippen molar-refractivity contribution in [2.75, 3.05) is 33.6 Å². The van der Waals surface area contributed by atoms with Crippen molar-refractivity contribution in [3.8, 4) is 11.5 Å². The van der Waals surface area contributed by atoms with Crippen molar-refractivity contribution in [1.82, 2.24) is 24.7 Å². The number of aryl methyl sites for hydroxylation is 1. The van der Waals surface area contributed by atoms with Gasteiger partial charge in [0.2, 0.25) is 5.95 Å². The highest BCUT2D eigenvalue weighted by Gasteiger charge is 2.12. The molecule has 0 fully saturated rings. The van der Waals surface area contributed by atoms with Crippen molar-refractivity contribution in [2.45, 2.75) is 80.2 Å². The lowest BCUT2D eigenvalue weighted by atomic mass is 10.1. The van der Waals surface area contributed by atoms with Crippen LogP contribution in [0.3, 0.4) is 0 Å².